The molecule has 0 aromatic heterocycles. The lowest BCUT2D eigenvalue weighted by atomic mass is 9.86. The van der Waals surface area contributed by atoms with Crippen molar-refractivity contribution < 1.29 is 23.1 Å². The van der Waals surface area contributed by atoms with Gasteiger partial charge >= 0.3 is 6.03 Å². The van der Waals surface area contributed by atoms with Crippen molar-refractivity contribution in [3.05, 3.63) is 29.8 Å². The standard InChI is InChI=1S/C23H36N4O5S/c1-22(2,3)19(15-26-13-10-17-8-5-6-9-18(17)33(26,31)32)25-21(30)24-14-20(29)27-12-7-11-23(27,4)16-28/h5-6,8-9,19,28H,7,10-16H2,1-4H3,(H2,24,25,30). The first-order valence-corrected chi connectivity index (χ1v) is 12.9. The number of rotatable bonds is 6. The van der Waals surface area contributed by atoms with Crippen LogP contribution in [0.25, 0.3) is 0 Å². The number of aliphatic hydroxyl groups excluding tert-OH is 1. The number of urea groups is 1. The first-order chi connectivity index (χ1) is 15.4. The Kier molecular flexibility index (Phi) is 7.40. The molecule has 0 bridgehead atoms. The number of carbonyl (C=O) groups excluding carboxylic acids is 2. The number of amides is 3. The van der Waals surface area contributed by atoms with E-state index in [2.05, 4.69) is 10.6 Å². The van der Waals surface area contributed by atoms with E-state index in [4.69, 9.17) is 0 Å². The van der Waals surface area contributed by atoms with E-state index in [9.17, 15) is 23.1 Å². The van der Waals surface area contributed by atoms with Gasteiger partial charge in [0.2, 0.25) is 15.9 Å². The molecule has 0 radical (unpaired) electrons. The van der Waals surface area contributed by atoms with Gasteiger partial charge in [-0.05, 0) is 43.2 Å². The van der Waals surface area contributed by atoms with Crippen molar-refractivity contribution in [2.45, 2.75) is 63.4 Å². The number of hydrogen-bond donors (Lipinski definition) is 3. The SMILES string of the molecule is CC(C)(C)C(CN1CCc2ccccc2S1(=O)=O)NC(=O)NCC(=O)N1CCCC1(C)CO. The minimum atomic E-state index is -3.65. The van der Waals surface area contributed by atoms with E-state index in [0.717, 1.165) is 18.4 Å². The van der Waals surface area contributed by atoms with Crippen LogP contribution in [-0.2, 0) is 21.2 Å². The van der Waals surface area contributed by atoms with Gasteiger partial charge in [-0.3, -0.25) is 4.79 Å². The van der Waals surface area contributed by atoms with Crippen LogP contribution >= 0.6 is 0 Å². The van der Waals surface area contributed by atoms with Gasteiger partial charge in [-0.1, -0.05) is 39.0 Å². The molecular formula is C23H36N4O5S. The Balaban J connectivity index is 1.63. The van der Waals surface area contributed by atoms with Crippen LogP contribution in [0.3, 0.4) is 0 Å². The number of benzene rings is 1. The van der Waals surface area contributed by atoms with E-state index < -0.39 is 33.1 Å². The Morgan fingerprint density at radius 2 is 1.91 bits per heavy atom. The van der Waals surface area contributed by atoms with E-state index in [0.29, 0.717) is 24.4 Å². The topological polar surface area (TPSA) is 119 Å². The first-order valence-electron chi connectivity index (χ1n) is 11.4. The third kappa shape index (κ3) is 5.50. The van der Waals surface area contributed by atoms with Crippen LogP contribution < -0.4 is 10.6 Å². The molecule has 1 aromatic rings. The number of nitrogens with zero attached hydrogens (tertiary/aromatic N) is 2. The molecule has 33 heavy (non-hydrogen) atoms. The largest absolute Gasteiger partial charge is 0.394 e. The molecule has 1 saturated heterocycles. The van der Waals surface area contributed by atoms with Gasteiger partial charge in [-0.15, -0.1) is 0 Å². The molecule has 3 N–H and O–H groups in total. The van der Waals surface area contributed by atoms with Crippen molar-refractivity contribution in [2.75, 3.05) is 32.8 Å². The molecule has 0 saturated carbocycles. The molecule has 10 heteroatoms. The lowest BCUT2D eigenvalue weighted by molar-refractivity contribution is -0.135. The fourth-order valence-corrected chi connectivity index (χ4v) is 6.18. The summed E-state index contributed by atoms with van der Waals surface area (Å²) in [5, 5.41) is 15.1. The van der Waals surface area contributed by atoms with Crippen molar-refractivity contribution >= 4 is 22.0 Å². The zero-order valence-corrected chi connectivity index (χ0v) is 20.7. The summed E-state index contributed by atoms with van der Waals surface area (Å²) in [5.41, 5.74) is -0.206. The summed E-state index contributed by atoms with van der Waals surface area (Å²) in [6.45, 7) is 8.37. The second-order valence-electron chi connectivity index (χ2n) is 10.3. The Labute approximate surface area is 196 Å². The third-order valence-electron chi connectivity index (χ3n) is 6.75. The van der Waals surface area contributed by atoms with E-state index in [1.165, 1.54) is 4.31 Å². The molecule has 2 heterocycles. The molecular weight excluding hydrogens is 444 g/mol. The fraction of sp³-hybridized carbons (Fsp3) is 0.652. The molecule has 2 aliphatic heterocycles. The van der Waals surface area contributed by atoms with Crippen LogP contribution in [0, 0.1) is 5.41 Å². The predicted molar refractivity (Wildman–Crippen MR) is 125 cm³/mol. The van der Waals surface area contributed by atoms with Crippen molar-refractivity contribution in [3.63, 3.8) is 0 Å². The lowest BCUT2D eigenvalue weighted by Gasteiger charge is -2.37. The highest BCUT2D eigenvalue weighted by Gasteiger charge is 2.39. The van der Waals surface area contributed by atoms with Gasteiger partial charge in [0.05, 0.1) is 23.6 Å². The second-order valence-corrected chi connectivity index (χ2v) is 12.2. The van der Waals surface area contributed by atoms with Crippen molar-refractivity contribution in [2.24, 2.45) is 5.41 Å². The Hall–Kier alpha value is -2.17. The van der Waals surface area contributed by atoms with Gasteiger partial charge in [0, 0.05) is 25.7 Å². The molecule has 1 aromatic carbocycles. The van der Waals surface area contributed by atoms with Gasteiger partial charge in [0.1, 0.15) is 0 Å². The van der Waals surface area contributed by atoms with Crippen LogP contribution in [0.1, 0.15) is 46.1 Å². The third-order valence-corrected chi connectivity index (χ3v) is 8.71. The monoisotopic (exact) mass is 480 g/mol. The van der Waals surface area contributed by atoms with Gasteiger partial charge < -0.3 is 20.6 Å². The Bertz CT molecular complexity index is 991. The molecule has 2 unspecified atom stereocenters. The maximum absolute atomic E-state index is 13.1. The number of sulfonamides is 1. The average molecular weight is 481 g/mol. The van der Waals surface area contributed by atoms with E-state index in [1.54, 1.807) is 17.0 Å². The molecule has 2 atom stereocenters. The number of aliphatic hydroxyl groups is 1. The second kappa shape index (κ2) is 9.60. The minimum Gasteiger partial charge on any atom is -0.394 e. The fourth-order valence-electron chi connectivity index (χ4n) is 4.47. The van der Waals surface area contributed by atoms with Gasteiger partial charge in [-0.2, -0.15) is 4.31 Å². The predicted octanol–water partition coefficient (Wildman–Crippen LogP) is 1.32. The number of fused-ring (bicyclic) bond motifs is 1. The van der Waals surface area contributed by atoms with Gasteiger partial charge in [-0.25, -0.2) is 13.2 Å². The van der Waals surface area contributed by atoms with Crippen molar-refractivity contribution in [1.82, 2.24) is 19.8 Å². The smallest absolute Gasteiger partial charge is 0.315 e. The number of carbonyl (C=O) groups is 2. The summed E-state index contributed by atoms with van der Waals surface area (Å²) in [6.07, 6.45) is 2.15. The maximum atomic E-state index is 13.1. The normalized spacial score (nSPS) is 23.6. The summed E-state index contributed by atoms with van der Waals surface area (Å²) in [6, 6.07) is 6.00. The van der Waals surface area contributed by atoms with E-state index >= 15 is 0 Å². The molecule has 184 valence electrons. The molecule has 1 fully saturated rings. The van der Waals surface area contributed by atoms with Crippen LogP contribution in [0.15, 0.2) is 29.2 Å². The summed E-state index contributed by atoms with van der Waals surface area (Å²) in [4.78, 5) is 27.2. The summed E-state index contributed by atoms with van der Waals surface area (Å²) < 4.78 is 27.7. The highest BCUT2D eigenvalue weighted by molar-refractivity contribution is 7.89. The zero-order valence-electron chi connectivity index (χ0n) is 19.9. The van der Waals surface area contributed by atoms with Crippen molar-refractivity contribution in [3.8, 4) is 0 Å². The van der Waals surface area contributed by atoms with Gasteiger partial charge in [0.15, 0.2) is 0 Å². The average Bonchev–Trinajstić information content (AvgIpc) is 3.15. The number of nitrogens with one attached hydrogen (secondary N) is 2. The first kappa shape index (κ1) is 25.5. The van der Waals surface area contributed by atoms with Gasteiger partial charge in [0.25, 0.3) is 0 Å². The van der Waals surface area contributed by atoms with Crippen LogP contribution in [0.2, 0.25) is 0 Å². The zero-order chi connectivity index (χ0) is 24.4. The molecule has 0 aliphatic carbocycles. The molecule has 0 spiro atoms. The van der Waals surface area contributed by atoms with Crippen LogP contribution in [-0.4, -0.2) is 79.0 Å². The molecule has 3 amide bonds. The maximum Gasteiger partial charge on any atom is 0.315 e. The molecule has 2 aliphatic rings. The summed E-state index contributed by atoms with van der Waals surface area (Å²) in [5.74, 6) is -0.248. The van der Waals surface area contributed by atoms with E-state index in [1.807, 2.05) is 39.8 Å². The highest BCUT2D eigenvalue weighted by atomic mass is 32.2. The number of likely N-dealkylation sites (tertiary alicyclic amines) is 1. The van der Waals surface area contributed by atoms with Crippen LogP contribution in [0.5, 0.6) is 0 Å². The minimum absolute atomic E-state index is 0.121. The quantitative estimate of drug-likeness (QED) is 0.567. The summed E-state index contributed by atoms with van der Waals surface area (Å²) >= 11 is 0. The Morgan fingerprint density at radius 3 is 2.58 bits per heavy atom. The highest BCUT2D eigenvalue weighted by Crippen LogP contribution is 2.29. The number of hydrogen-bond acceptors (Lipinski definition) is 5. The Morgan fingerprint density at radius 1 is 1.21 bits per heavy atom. The molecule has 3 rings (SSSR count). The molecule has 9 nitrogen and oxygen atoms in total. The van der Waals surface area contributed by atoms with Crippen LogP contribution in [0.4, 0.5) is 4.79 Å². The summed E-state index contributed by atoms with van der Waals surface area (Å²) in [7, 11) is -3.65. The van der Waals surface area contributed by atoms with E-state index in [-0.39, 0.29) is 25.6 Å². The van der Waals surface area contributed by atoms with Crippen molar-refractivity contribution in [1.29, 1.82) is 0 Å². The lowest BCUT2D eigenvalue weighted by Crippen LogP contribution is -2.56.